The first-order valence-electron chi connectivity index (χ1n) is 8.89. The molecule has 3 rings (SSSR count). The van der Waals surface area contributed by atoms with E-state index in [1.165, 1.54) is 5.56 Å². The second-order valence-electron chi connectivity index (χ2n) is 6.91. The molecule has 0 N–H and O–H groups in total. The third kappa shape index (κ3) is 3.53. The first-order valence-corrected chi connectivity index (χ1v) is 8.89. The van der Waals surface area contributed by atoms with Gasteiger partial charge in [-0.3, -0.25) is 9.59 Å². The maximum absolute atomic E-state index is 12.7. The van der Waals surface area contributed by atoms with Crippen LogP contribution in [-0.4, -0.2) is 47.3 Å². The molecule has 0 aromatic heterocycles. The van der Waals surface area contributed by atoms with Gasteiger partial charge in [-0.1, -0.05) is 24.3 Å². The van der Waals surface area contributed by atoms with Crippen LogP contribution in [0.15, 0.2) is 30.3 Å². The molecule has 2 aliphatic rings. The number of carbonyl (C=O) groups is 2. The second kappa shape index (κ2) is 7.20. The van der Waals surface area contributed by atoms with Gasteiger partial charge in [0.15, 0.2) is 0 Å². The molecular formula is C20H26N2O2. The first kappa shape index (κ1) is 16.7. The topological polar surface area (TPSA) is 40.6 Å². The Morgan fingerprint density at radius 1 is 1.21 bits per heavy atom. The second-order valence-corrected chi connectivity index (χ2v) is 6.91. The average molecular weight is 326 g/mol. The number of amides is 2. The van der Waals surface area contributed by atoms with Gasteiger partial charge in [0.25, 0.3) is 0 Å². The maximum Gasteiger partial charge on any atom is 0.246 e. The number of hydrogen-bond donors (Lipinski definition) is 0. The summed E-state index contributed by atoms with van der Waals surface area (Å²) in [5.41, 5.74) is 3.30. The van der Waals surface area contributed by atoms with E-state index < -0.39 is 0 Å². The summed E-state index contributed by atoms with van der Waals surface area (Å²) in [5, 5.41) is 0. The van der Waals surface area contributed by atoms with Gasteiger partial charge in [0.2, 0.25) is 11.8 Å². The van der Waals surface area contributed by atoms with E-state index in [1.54, 1.807) is 6.08 Å². The fourth-order valence-corrected chi connectivity index (χ4v) is 3.83. The SMILES string of the molecule is CC(=CC(=O)N1CCCC(N2CCCC2=O)C1)c1ccccc1C. The fraction of sp³-hybridized carbons (Fsp3) is 0.500. The first-order chi connectivity index (χ1) is 11.6. The van der Waals surface area contributed by atoms with E-state index in [2.05, 4.69) is 19.1 Å². The summed E-state index contributed by atoms with van der Waals surface area (Å²) in [4.78, 5) is 28.5. The van der Waals surface area contributed by atoms with Crippen molar-refractivity contribution in [2.45, 2.75) is 45.6 Å². The number of benzene rings is 1. The molecular weight excluding hydrogens is 300 g/mol. The lowest BCUT2D eigenvalue weighted by Gasteiger charge is -2.37. The van der Waals surface area contributed by atoms with Gasteiger partial charge >= 0.3 is 0 Å². The highest BCUT2D eigenvalue weighted by atomic mass is 16.2. The Balaban J connectivity index is 1.69. The Bertz CT molecular complexity index is 665. The molecule has 1 atom stereocenters. The minimum atomic E-state index is 0.0621. The van der Waals surface area contributed by atoms with Gasteiger partial charge in [-0.25, -0.2) is 0 Å². The normalized spacial score (nSPS) is 22.2. The molecule has 0 aliphatic carbocycles. The number of allylic oxidation sites excluding steroid dienone is 1. The molecule has 128 valence electrons. The number of piperidine rings is 1. The Hall–Kier alpha value is -2.10. The third-order valence-electron chi connectivity index (χ3n) is 5.17. The highest BCUT2D eigenvalue weighted by Gasteiger charge is 2.32. The molecule has 0 radical (unpaired) electrons. The third-order valence-corrected chi connectivity index (χ3v) is 5.17. The molecule has 1 aromatic carbocycles. The lowest BCUT2D eigenvalue weighted by molar-refractivity contribution is -0.134. The summed E-state index contributed by atoms with van der Waals surface area (Å²) in [6.07, 6.45) is 5.34. The maximum atomic E-state index is 12.7. The largest absolute Gasteiger partial charge is 0.338 e. The van der Waals surface area contributed by atoms with Crippen LogP contribution in [0, 0.1) is 6.92 Å². The number of carbonyl (C=O) groups excluding carboxylic acids is 2. The predicted molar refractivity (Wildman–Crippen MR) is 95.4 cm³/mol. The highest BCUT2D eigenvalue weighted by molar-refractivity contribution is 5.95. The van der Waals surface area contributed by atoms with Gasteiger partial charge in [0.1, 0.15) is 0 Å². The standard InChI is InChI=1S/C20H26N2O2/c1-15-7-3-4-9-18(15)16(2)13-20(24)21-11-5-8-17(14-21)22-12-6-10-19(22)23/h3-4,7,9,13,17H,5-6,8,10-12,14H2,1-2H3. The molecule has 2 saturated heterocycles. The van der Waals surface area contributed by atoms with E-state index in [0.29, 0.717) is 13.0 Å². The lowest BCUT2D eigenvalue weighted by Crippen LogP contribution is -2.49. The smallest absolute Gasteiger partial charge is 0.246 e. The van der Waals surface area contributed by atoms with E-state index in [0.717, 1.165) is 43.5 Å². The van der Waals surface area contributed by atoms with Gasteiger partial charge in [-0.15, -0.1) is 0 Å². The van der Waals surface area contributed by atoms with Crippen molar-refractivity contribution >= 4 is 17.4 Å². The van der Waals surface area contributed by atoms with E-state index in [9.17, 15) is 9.59 Å². The molecule has 1 aromatic rings. The van der Waals surface area contributed by atoms with E-state index in [-0.39, 0.29) is 17.9 Å². The molecule has 0 spiro atoms. The van der Waals surface area contributed by atoms with Crippen molar-refractivity contribution in [2.24, 2.45) is 0 Å². The van der Waals surface area contributed by atoms with Gasteiger partial charge in [-0.05, 0) is 49.8 Å². The molecule has 2 amide bonds. The van der Waals surface area contributed by atoms with Crippen LogP contribution in [0.25, 0.3) is 5.57 Å². The Labute approximate surface area is 144 Å². The van der Waals surface area contributed by atoms with Crippen LogP contribution in [0.4, 0.5) is 0 Å². The summed E-state index contributed by atoms with van der Waals surface area (Å²) in [5.74, 6) is 0.313. The zero-order chi connectivity index (χ0) is 17.1. The number of nitrogens with zero attached hydrogens (tertiary/aromatic N) is 2. The van der Waals surface area contributed by atoms with Crippen LogP contribution in [-0.2, 0) is 9.59 Å². The summed E-state index contributed by atoms with van der Waals surface area (Å²) < 4.78 is 0. The molecule has 2 heterocycles. The molecule has 4 nitrogen and oxygen atoms in total. The lowest BCUT2D eigenvalue weighted by atomic mass is 10.0. The molecule has 24 heavy (non-hydrogen) atoms. The molecule has 1 unspecified atom stereocenters. The Morgan fingerprint density at radius 3 is 2.71 bits per heavy atom. The van der Waals surface area contributed by atoms with Crippen molar-refractivity contribution in [3.05, 3.63) is 41.5 Å². The predicted octanol–water partition coefficient (Wildman–Crippen LogP) is 3.01. The van der Waals surface area contributed by atoms with Crippen LogP contribution in [0.3, 0.4) is 0 Å². The number of likely N-dealkylation sites (tertiary alicyclic amines) is 2. The average Bonchev–Trinajstić information content (AvgIpc) is 3.01. The van der Waals surface area contributed by atoms with Crippen molar-refractivity contribution in [1.29, 1.82) is 0 Å². The number of aryl methyl sites for hydroxylation is 1. The van der Waals surface area contributed by atoms with E-state index >= 15 is 0 Å². The zero-order valence-electron chi connectivity index (χ0n) is 14.6. The molecule has 0 bridgehead atoms. The zero-order valence-corrected chi connectivity index (χ0v) is 14.6. The fourth-order valence-electron chi connectivity index (χ4n) is 3.83. The summed E-state index contributed by atoms with van der Waals surface area (Å²) >= 11 is 0. The molecule has 0 saturated carbocycles. The highest BCUT2D eigenvalue weighted by Crippen LogP contribution is 2.23. The van der Waals surface area contributed by atoms with Crippen molar-refractivity contribution in [1.82, 2.24) is 9.80 Å². The van der Waals surface area contributed by atoms with Gasteiger partial charge in [0, 0.05) is 38.2 Å². The molecule has 4 heteroatoms. The quantitative estimate of drug-likeness (QED) is 0.801. The Kier molecular flexibility index (Phi) is 5.03. The summed E-state index contributed by atoms with van der Waals surface area (Å²) in [7, 11) is 0. The number of rotatable bonds is 3. The van der Waals surface area contributed by atoms with Gasteiger partial charge in [-0.2, -0.15) is 0 Å². The van der Waals surface area contributed by atoms with Crippen LogP contribution >= 0.6 is 0 Å². The Morgan fingerprint density at radius 2 is 2.00 bits per heavy atom. The summed E-state index contributed by atoms with van der Waals surface area (Å²) in [6.45, 7) is 6.36. The van der Waals surface area contributed by atoms with Crippen LogP contribution in [0.1, 0.15) is 43.7 Å². The van der Waals surface area contributed by atoms with Crippen molar-refractivity contribution in [2.75, 3.05) is 19.6 Å². The minimum Gasteiger partial charge on any atom is -0.338 e. The van der Waals surface area contributed by atoms with Crippen molar-refractivity contribution in [3.63, 3.8) is 0 Å². The van der Waals surface area contributed by atoms with E-state index in [1.807, 2.05) is 28.9 Å². The van der Waals surface area contributed by atoms with E-state index in [4.69, 9.17) is 0 Å². The van der Waals surface area contributed by atoms with Crippen LogP contribution < -0.4 is 0 Å². The van der Waals surface area contributed by atoms with Crippen LogP contribution in [0.5, 0.6) is 0 Å². The van der Waals surface area contributed by atoms with Crippen LogP contribution in [0.2, 0.25) is 0 Å². The minimum absolute atomic E-state index is 0.0621. The van der Waals surface area contributed by atoms with Crippen molar-refractivity contribution in [3.8, 4) is 0 Å². The molecule has 2 aliphatic heterocycles. The summed E-state index contributed by atoms with van der Waals surface area (Å²) in [6, 6.07) is 8.32. The monoisotopic (exact) mass is 326 g/mol. The van der Waals surface area contributed by atoms with Gasteiger partial charge in [0.05, 0.1) is 0 Å². The van der Waals surface area contributed by atoms with Crippen molar-refractivity contribution < 1.29 is 9.59 Å². The van der Waals surface area contributed by atoms with Gasteiger partial charge < -0.3 is 9.80 Å². The molecule has 2 fully saturated rings. The number of hydrogen-bond acceptors (Lipinski definition) is 2.